The molecule has 0 aliphatic carbocycles. The van der Waals surface area contributed by atoms with E-state index in [1.165, 1.54) is 0 Å². The van der Waals surface area contributed by atoms with E-state index < -0.39 is 0 Å². The van der Waals surface area contributed by atoms with Gasteiger partial charge in [-0.05, 0) is 25.0 Å². The fourth-order valence-corrected chi connectivity index (χ4v) is 3.63. The lowest BCUT2D eigenvalue weighted by Crippen LogP contribution is -2.50. The van der Waals surface area contributed by atoms with E-state index in [-0.39, 0.29) is 18.1 Å². The first-order chi connectivity index (χ1) is 12.8. The van der Waals surface area contributed by atoms with Crippen molar-refractivity contribution in [1.29, 1.82) is 0 Å². The molecular formula is C19H24N4O3. The Balaban J connectivity index is 1.51. The van der Waals surface area contributed by atoms with Crippen molar-refractivity contribution in [2.75, 3.05) is 19.7 Å². The van der Waals surface area contributed by atoms with Crippen molar-refractivity contribution < 1.29 is 14.3 Å². The number of fused-ring (bicyclic) bond motifs is 3. The van der Waals surface area contributed by atoms with Crippen LogP contribution in [0.1, 0.15) is 48.3 Å². The molecule has 1 saturated heterocycles. The molecule has 1 aromatic carbocycles. The summed E-state index contributed by atoms with van der Waals surface area (Å²) < 4.78 is 13.7. The fourth-order valence-electron chi connectivity index (χ4n) is 3.63. The number of aromatic nitrogens is 3. The van der Waals surface area contributed by atoms with Crippen LogP contribution < -0.4 is 4.74 Å². The van der Waals surface area contributed by atoms with Gasteiger partial charge in [0.05, 0.1) is 42.8 Å². The molecule has 3 heterocycles. The van der Waals surface area contributed by atoms with E-state index in [0.29, 0.717) is 37.6 Å². The number of benzene rings is 1. The number of rotatable bonds is 5. The molecule has 0 radical (unpaired) electrons. The maximum Gasteiger partial charge on any atom is 0.257 e. The van der Waals surface area contributed by atoms with Crippen LogP contribution in [-0.4, -0.2) is 51.6 Å². The zero-order valence-corrected chi connectivity index (χ0v) is 15.0. The number of carbonyl (C=O) groups excluding carboxylic acids is 1. The number of hydrogen-bond acceptors (Lipinski definition) is 5. The van der Waals surface area contributed by atoms with Gasteiger partial charge in [0.25, 0.3) is 5.91 Å². The Morgan fingerprint density at radius 1 is 1.38 bits per heavy atom. The van der Waals surface area contributed by atoms with Crippen molar-refractivity contribution >= 4 is 5.91 Å². The average Bonchev–Trinajstić information content (AvgIpc) is 3.17. The summed E-state index contributed by atoms with van der Waals surface area (Å²) in [4.78, 5) is 15.0. The van der Waals surface area contributed by atoms with Crippen molar-refractivity contribution in [2.24, 2.45) is 0 Å². The lowest BCUT2D eigenvalue weighted by molar-refractivity contribution is -0.0605. The van der Waals surface area contributed by atoms with Gasteiger partial charge in [0.2, 0.25) is 0 Å². The molecule has 2 aliphatic heterocycles. The monoisotopic (exact) mass is 356 g/mol. The van der Waals surface area contributed by atoms with Crippen LogP contribution in [-0.2, 0) is 11.3 Å². The number of amides is 1. The number of likely N-dealkylation sites (tertiary alicyclic amines) is 1. The van der Waals surface area contributed by atoms with Crippen LogP contribution in [0.3, 0.4) is 0 Å². The molecule has 0 unspecified atom stereocenters. The molecule has 1 aromatic heterocycles. The number of piperidine rings is 1. The standard InChI is InChI=1S/C19H24N4O3/c1-2-3-10-25-17-7-5-4-6-15(17)19(24)22-9-8-18-16(12-22)23-14(13-26-18)11-20-21-23/h4-7,11,16,18H,2-3,8-10,12-13H2,1H3/t16-,18-/m1/s1. The molecule has 26 heavy (non-hydrogen) atoms. The van der Waals surface area contributed by atoms with Crippen molar-refractivity contribution in [3.63, 3.8) is 0 Å². The summed E-state index contributed by atoms with van der Waals surface area (Å²) in [5.74, 6) is 0.664. The van der Waals surface area contributed by atoms with Crippen LogP contribution in [0.5, 0.6) is 5.75 Å². The number of ether oxygens (including phenoxy) is 2. The first kappa shape index (κ1) is 17.0. The largest absolute Gasteiger partial charge is 0.493 e. The van der Waals surface area contributed by atoms with Gasteiger partial charge < -0.3 is 14.4 Å². The SMILES string of the molecule is CCCCOc1ccccc1C(=O)N1CC[C@H]2OCc3cnnn3[C@@H]2C1. The number of hydrogen-bond donors (Lipinski definition) is 0. The zero-order chi connectivity index (χ0) is 17.9. The van der Waals surface area contributed by atoms with Crippen molar-refractivity contribution in [1.82, 2.24) is 19.9 Å². The number of carbonyl (C=O) groups is 1. The fraction of sp³-hybridized carbons (Fsp3) is 0.526. The van der Waals surface area contributed by atoms with E-state index in [0.717, 1.165) is 25.0 Å². The van der Waals surface area contributed by atoms with Gasteiger partial charge >= 0.3 is 0 Å². The lowest BCUT2D eigenvalue weighted by atomic mass is 9.99. The van der Waals surface area contributed by atoms with Crippen LogP contribution in [0.2, 0.25) is 0 Å². The smallest absolute Gasteiger partial charge is 0.257 e. The number of nitrogens with zero attached hydrogens (tertiary/aromatic N) is 4. The third kappa shape index (κ3) is 3.19. The summed E-state index contributed by atoms with van der Waals surface area (Å²) in [5, 5.41) is 8.19. The molecule has 0 saturated carbocycles. The highest BCUT2D eigenvalue weighted by molar-refractivity contribution is 5.97. The molecule has 2 aromatic rings. The molecular weight excluding hydrogens is 332 g/mol. The van der Waals surface area contributed by atoms with Crippen molar-refractivity contribution in [3.8, 4) is 5.75 Å². The van der Waals surface area contributed by atoms with Crippen LogP contribution in [0.4, 0.5) is 0 Å². The first-order valence-electron chi connectivity index (χ1n) is 9.29. The third-order valence-electron chi connectivity index (χ3n) is 5.09. The molecule has 7 nitrogen and oxygen atoms in total. The van der Waals surface area contributed by atoms with E-state index in [1.807, 2.05) is 33.8 Å². The topological polar surface area (TPSA) is 69.5 Å². The Kier molecular flexibility index (Phi) is 4.88. The van der Waals surface area contributed by atoms with Gasteiger partial charge in [-0.15, -0.1) is 5.10 Å². The zero-order valence-electron chi connectivity index (χ0n) is 15.0. The molecule has 1 amide bonds. The Hall–Kier alpha value is -2.41. The van der Waals surface area contributed by atoms with Gasteiger partial charge in [-0.2, -0.15) is 0 Å². The van der Waals surface area contributed by atoms with E-state index in [1.54, 1.807) is 6.20 Å². The maximum absolute atomic E-state index is 13.1. The average molecular weight is 356 g/mol. The Morgan fingerprint density at radius 3 is 3.15 bits per heavy atom. The van der Waals surface area contributed by atoms with E-state index in [9.17, 15) is 4.79 Å². The highest BCUT2D eigenvalue weighted by Gasteiger charge is 2.38. The van der Waals surface area contributed by atoms with Gasteiger partial charge in [0.1, 0.15) is 5.75 Å². The van der Waals surface area contributed by atoms with Gasteiger partial charge in [-0.25, -0.2) is 4.68 Å². The van der Waals surface area contributed by atoms with Crippen LogP contribution >= 0.6 is 0 Å². The van der Waals surface area contributed by atoms with Crippen LogP contribution in [0, 0.1) is 0 Å². The second-order valence-electron chi connectivity index (χ2n) is 6.82. The normalized spacial score (nSPS) is 21.8. The van der Waals surface area contributed by atoms with Crippen LogP contribution in [0.15, 0.2) is 30.5 Å². The molecule has 0 bridgehead atoms. The second kappa shape index (κ2) is 7.45. The van der Waals surface area contributed by atoms with Gasteiger partial charge in [0, 0.05) is 13.1 Å². The Morgan fingerprint density at radius 2 is 2.27 bits per heavy atom. The quantitative estimate of drug-likeness (QED) is 0.770. The number of para-hydroxylation sites is 1. The van der Waals surface area contributed by atoms with Crippen LogP contribution in [0.25, 0.3) is 0 Å². The minimum atomic E-state index is 0.00258. The minimum Gasteiger partial charge on any atom is -0.493 e. The van der Waals surface area contributed by atoms with E-state index in [2.05, 4.69) is 17.2 Å². The third-order valence-corrected chi connectivity index (χ3v) is 5.09. The lowest BCUT2D eigenvalue weighted by Gasteiger charge is -2.41. The van der Waals surface area contributed by atoms with Gasteiger partial charge in [0.15, 0.2) is 0 Å². The number of unbranched alkanes of at least 4 members (excludes halogenated alkanes) is 1. The summed E-state index contributed by atoms with van der Waals surface area (Å²) in [6, 6.07) is 7.52. The predicted molar refractivity (Wildman–Crippen MR) is 95.0 cm³/mol. The molecule has 2 aliphatic rings. The summed E-state index contributed by atoms with van der Waals surface area (Å²) in [6.45, 7) is 4.53. The summed E-state index contributed by atoms with van der Waals surface area (Å²) in [7, 11) is 0. The highest BCUT2D eigenvalue weighted by Crippen LogP contribution is 2.31. The summed E-state index contributed by atoms with van der Waals surface area (Å²) >= 11 is 0. The van der Waals surface area contributed by atoms with E-state index in [4.69, 9.17) is 9.47 Å². The second-order valence-corrected chi connectivity index (χ2v) is 6.82. The van der Waals surface area contributed by atoms with Crippen molar-refractivity contribution in [2.45, 2.75) is 44.9 Å². The molecule has 1 fully saturated rings. The summed E-state index contributed by atoms with van der Waals surface area (Å²) in [5.41, 5.74) is 1.58. The Bertz CT molecular complexity index is 776. The predicted octanol–water partition coefficient (Wildman–Crippen LogP) is 2.44. The first-order valence-corrected chi connectivity index (χ1v) is 9.29. The van der Waals surface area contributed by atoms with Crippen molar-refractivity contribution in [3.05, 3.63) is 41.7 Å². The molecule has 0 spiro atoms. The molecule has 4 rings (SSSR count). The molecule has 2 atom stereocenters. The minimum absolute atomic E-state index is 0.00258. The van der Waals surface area contributed by atoms with E-state index >= 15 is 0 Å². The molecule has 0 N–H and O–H groups in total. The molecule has 7 heteroatoms. The van der Waals surface area contributed by atoms with Gasteiger partial charge in [-0.3, -0.25) is 4.79 Å². The van der Waals surface area contributed by atoms with Gasteiger partial charge in [-0.1, -0.05) is 30.7 Å². The summed E-state index contributed by atoms with van der Waals surface area (Å²) in [6.07, 6.45) is 4.65. The molecule has 138 valence electrons. The maximum atomic E-state index is 13.1. The highest BCUT2D eigenvalue weighted by atomic mass is 16.5. The Labute approximate surface area is 152 Å².